The summed E-state index contributed by atoms with van der Waals surface area (Å²) >= 11 is 0. The van der Waals surface area contributed by atoms with E-state index >= 15 is 0 Å². The summed E-state index contributed by atoms with van der Waals surface area (Å²) in [5.41, 5.74) is 3.62. The molecule has 0 saturated carbocycles. The molecule has 0 spiro atoms. The fourth-order valence-corrected chi connectivity index (χ4v) is 2.97. The standard InChI is InChI=1S/C18H24N2O6/c1-12(21)19-20-10-16(26-13(2)22)18(15(20)9-17(23)24-3)25-11-14-7-5-4-6-8-14/h4-8,15-16,18H,9-11H2,1-3H3,(H,19,21)/t15-,16+,18-/m0/s1. The van der Waals surface area contributed by atoms with Crippen molar-refractivity contribution in [2.45, 2.75) is 45.1 Å². The van der Waals surface area contributed by atoms with Gasteiger partial charge in [-0.2, -0.15) is 0 Å². The molecule has 1 saturated heterocycles. The number of amides is 1. The van der Waals surface area contributed by atoms with Crippen LogP contribution in [0.15, 0.2) is 30.3 Å². The maximum atomic E-state index is 11.8. The summed E-state index contributed by atoms with van der Waals surface area (Å²) in [5, 5.41) is 1.57. The molecule has 0 radical (unpaired) electrons. The van der Waals surface area contributed by atoms with Crippen molar-refractivity contribution in [3.8, 4) is 0 Å². The van der Waals surface area contributed by atoms with E-state index in [0.29, 0.717) is 0 Å². The molecule has 0 bridgehead atoms. The highest BCUT2D eigenvalue weighted by molar-refractivity contribution is 5.73. The third kappa shape index (κ3) is 5.53. The molecular weight excluding hydrogens is 340 g/mol. The SMILES string of the molecule is COC(=O)C[C@H]1[C@H](OCc2ccccc2)[C@H](OC(C)=O)CN1NC(C)=O. The van der Waals surface area contributed by atoms with E-state index in [9.17, 15) is 14.4 Å². The van der Waals surface area contributed by atoms with Crippen LogP contribution in [0.25, 0.3) is 0 Å². The Morgan fingerprint density at radius 2 is 1.88 bits per heavy atom. The molecule has 1 aromatic carbocycles. The van der Waals surface area contributed by atoms with Gasteiger partial charge in [0.25, 0.3) is 0 Å². The molecule has 26 heavy (non-hydrogen) atoms. The summed E-state index contributed by atoms with van der Waals surface area (Å²) < 4.78 is 16.1. The molecule has 0 unspecified atom stereocenters. The van der Waals surface area contributed by atoms with Crippen molar-refractivity contribution in [3.63, 3.8) is 0 Å². The molecule has 1 fully saturated rings. The van der Waals surface area contributed by atoms with Crippen LogP contribution in [-0.2, 0) is 35.2 Å². The first kappa shape index (κ1) is 19.9. The fourth-order valence-electron chi connectivity index (χ4n) is 2.97. The van der Waals surface area contributed by atoms with Gasteiger partial charge in [-0.05, 0) is 5.56 Å². The van der Waals surface area contributed by atoms with Crippen LogP contribution >= 0.6 is 0 Å². The quantitative estimate of drug-likeness (QED) is 0.715. The van der Waals surface area contributed by atoms with Gasteiger partial charge in [0, 0.05) is 13.8 Å². The van der Waals surface area contributed by atoms with Crippen LogP contribution in [0, 0.1) is 0 Å². The first-order valence-electron chi connectivity index (χ1n) is 8.34. The van der Waals surface area contributed by atoms with E-state index in [0.717, 1.165) is 5.56 Å². The Bertz CT molecular complexity index is 636. The first-order chi connectivity index (χ1) is 12.4. The number of benzene rings is 1. The van der Waals surface area contributed by atoms with E-state index in [4.69, 9.17) is 14.2 Å². The van der Waals surface area contributed by atoms with Crippen molar-refractivity contribution in [2.24, 2.45) is 0 Å². The van der Waals surface area contributed by atoms with Gasteiger partial charge in [-0.3, -0.25) is 19.8 Å². The zero-order chi connectivity index (χ0) is 19.1. The van der Waals surface area contributed by atoms with Gasteiger partial charge in [0.15, 0.2) is 0 Å². The van der Waals surface area contributed by atoms with Crippen molar-refractivity contribution in [1.82, 2.24) is 10.4 Å². The summed E-state index contributed by atoms with van der Waals surface area (Å²) in [6.07, 6.45) is -1.21. The predicted octanol–water partition coefficient (Wildman–Crippen LogP) is 0.802. The van der Waals surface area contributed by atoms with Crippen LogP contribution in [0.4, 0.5) is 0 Å². The lowest BCUT2D eigenvalue weighted by molar-refractivity contribution is -0.153. The molecule has 2 rings (SSSR count). The van der Waals surface area contributed by atoms with Crippen LogP contribution in [0.1, 0.15) is 25.8 Å². The Balaban J connectivity index is 2.19. The summed E-state index contributed by atoms with van der Waals surface area (Å²) in [5.74, 6) is -1.18. The highest BCUT2D eigenvalue weighted by Gasteiger charge is 2.46. The number of nitrogens with one attached hydrogen (secondary N) is 1. The molecule has 8 heteroatoms. The number of methoxy groups -OCH3 is 1. The van der Waals surface area contributed by atoms with Crippen molar-refractivity contribution in [1.29, 1.82) is 0 Å². The fraction of sp³-hybridized carbons (Fsp3) is 0.500. The highest BCUT2D eigenvalue weighted by Crippen LogP contribution is 2.26. The number of hydrogen-bond acceptors (Lipinski definition) is 7. The number of ether oxygens (including phenoxy) is 3. The lowest BCUT2D eigenvalue weighted by atomic mass is 10.1. The average molecular weight is 364 g/mol. The smallest absolute Gasteiger partial charge is 0.307 e. The van der Waals surface area contributed by atoms with Gasteiger partial charge in [0.05, 0.1) is 32.7 Å². The van der Waals surface area contributed by atoms with Crippen LogP contribution in [0.5, 0.6) is 0 Å². The number of hydrazine groups is 1. The molecule has 1 amide bonds. The van der Waals surface area contributed by atoms with Gasteiger partial charge < -0.3 is 14.2 Å². The largest absolute Gasteiger partial charge is 0.469 e. The van der Waals surface area contributed by atoms with Gasteiger partial charge in [-0.15, -0.1) is 0 Å². The number of carbonyl (C=O) groups is 3. The summed E-state index contributed by atoms with van der Waals surface area (Å²) in [6, 6.07) is 9.00. The van der Waals surface area contributed by atoms with E-state index in [1.807, 2.05) is 30.3 Å². The second kappa shape index (κ2) is 9.30. The van der Waals surface area contributed by atoms with E-state index in [1.54, 1.807) is 5.01 Å². The van der Waals surface area contributed by atoms with Crippen LogP contribution in [0.2, 0.25) is 0 Å². The number of esters is 2. The van der Waals surface area contributed by atoms with E-state index < -0.39 is 30.2 Å². The summed E-state index contributed by atoms with van der Waals surface area (Å²) in [6.45, 7) is 3.19. The maximum Gasteiger partial charge on any atom is 0.307 e. The second-order valence-corrected chi connectivity index (χ2v) is 6.08. The Hall–Kier alpha value is -2.45. The van der Waals surface area contributed by atoms with Gasteiger partial charge in [-0.25, -0.2) is 5.01 Å². The van der Waals surface area contributed by atoms with E-state index in [2.05, 4.69) is 5.43 Å². The topological polar surface area (TPSA) is 94.2 Å². The van der Waals surface area contributed by atoms with Gasteiger partial charge in [0.1, 0.15) is 12.2 Å². The highest BCUT2D eigenvalue weighted by atomic mass is 16.6. The van der Waals surface area contributed by atoms with Gasteiger partial charge in [0.2, 0.25) is 5.91 Å². The van der Waals surface area contributed by atoms with Crippen LogP contribution < -0.4 is 5.43 Å². The number of nitrogens with zero attached hydrogens (tertiary/aromatic N) is 1. The zero-order valence-corrected chi connectivity index (χ0v) is 15.1. The second-order valence-electron chi connectivity index (χ2n) is 6.08. The van der Waals surface area contributed by atoms with Crippen molar-refractivity contribution in [3.05, 3.63) is 35.9 Å². The minimum atomic E-state index is -0.613. The zero-order valence-electron chi connectivity index (χ0n) is 15.1. The van der Waals surface area contributed by atoms with Gasteiger partial charge >= 0.3 is 11.9 Å². The van der Waals surface area contributed by atoms with Crippen LogP contribution in [0.3, 0.4) is 0 Å². The molecule has 1 aliphatic rings. The third-order valence-corrected chi connectivity index (χ3v) is 4.03. The Morgan fingerprint density at radius 3 is 2.46 bits per heavy atom. The monoisotopic (exact) mass is 364 g/mol. The first-order valence-corrected chi connectivity index (χ1v) is 8.34. The predicted molar refractivity (Wildman–Crippen MR) is 91.5 cm³/mol. The van der Waals surface area contributed by atoms with E-state index in [-0.39, 0.29) is 25.5 Å². The number of carbonyl (C=O) groups excluding carboxylic acids is 3. The molecule has 3 atom stereocenters. The molecule has 0 aliphatic carbocycles. The van der Waals surface area contributed by atoms with Gasteiger partial charge in [-0.1, -0.05) is 30.3 Å². The molecule has 1 N–H and O–H groups in total. The molecule has 1 heterocycles. The average Bonchev–Trinajstić information content (AvgIpc) is 2.88. The Morgan fingerprint density at radius 1 is 1.19 bits per heavy atom. The van der Waals surface area contributed by atoms with Crippen LogP contribution in [-0.4, -0.2) is 54.8 Å². The molecule has 1 aromatic rings. The van der Waals surface area contributed by atoms with Crippen molar-refractivity contribution >= 4 is 17.8 Å². The lowest BCUT2D eigenvalue weighted by Crippen LogP contribution is -2.48. The normalized spacial score (nSPS) is 22.7. The number of rotatable bonds is 7. The molecule has 1 aliphatic heterocycles. The maximum absolute atomic E-state index is 11.8. The van der Waals surface area contributed by atoms with Crippen molar-refractivity contribution < 1.29 is 28.6 Å². The molecule has 8 nitrogen and oxygen atoms in total. The lowest BCUT2D eigenvalue weighted by Gasteiger charge is -2.27. The third-order valence-electron chi connectivity index (χ3n) is 4.03. The minimum Gasteiger partial charge on any atom is -0.469 e. The Kier molecular flexibility index (Phi) is 7.11. The molecule has 0 aromatic heterocycles. The minimum absolute atomic E-state index is 0.00595. The van der Waals surface area contributed by atoms with E-state index in [1.165, 1.54) is 21.0 Å². The summed E-state index contributed by atoms with van der Waals surface area (Å²) in [7, 11) is 1.30. The molecular formula is C18H24N2O6. The Labute approximate surface area is 152 Å². The molecule has 142 valence electrons. The summed E-state index contributed by atoms with van der Waals surface area (Å²) in [4.78, 5) is 34.8. The van der Waals surface area contributed by atoms with Crippen molar-refractivity contribution in [2.75, 3.05) is 13.7 Å². The number of hydrogen-bond donors (Lipinski definition) is 1.